The lowest BCUT2D eigenvalue weighted by atomic mass is 9.78. The number of rotatable bonds is 6. The van der Waals surface area contributed by atoms with E-state index < -0.39 is 5.97 Å². The summed E-state index contributed by atoms with van der Waals surface area (Å²) < 4.78 is 6.18. The molecule has 1 aromatic carbocycles. The number of hydrogen-bond acceptors (Lipinski definition) is 2. The van der Waals surface area contributed by atoms with Crippen molar-refractivity contribution in [2.24, 2.45) is 5.92 Å². The monoisotopic (exact) mass is 384 g/mol. The summed E-state index contributed by atoms with van der Waals surface area (Å²) in [6, 6.07) is 4.65. The molecule has 3 nitrogen and oxygen atoms in total. The van der Waals surface area contributed by atoms with Gasteiger partial charge in [0.05, 0.1) is 6.61 Å². The van der Waals surface area contributed by atoms with Crippen LogP contribution in [0.1, 0.15) is 84.4 Å². The van der Waals surface area contributed by atoms with Gasteiger partial charge in [-0.15, -0.1) is 0 Å². The second-order valence-corrected chi connectivity index (χ2v) is 9.97. The van der Waals surface area contributed by atoms with E-state index in [0.717, 1.165) is 17.7 Å². The Balaban J connectivity index is 2.46. The van der Waals surface area contributed by atoms with Crippen molar-refractivity contribution in [1.82, 2.24) is 0 Å². The maximum atomic E-state index is 10.8. The molecule has 0 aromatic heterocycles. The molecule has 0 radical (unpaired) electrons. The lowest BCUT2D eigenvalue weighted by molar-refractivity contribution is -0.131. The Bertz CT molecular complexity index is 785. The molecule has 0 aliphatic heterocycles. The molecule has 0 spiro atoms. The average molecular weight is 385 g/mol. The van der Waals surface area contributed by atoms with Crippen LogP contribution in [-0.2, 0) is 15.6 Å². The van der Waals surface area contributed by atoms with Crippen LogP contribution in [0.4, 0.5) is 0 Å². The Morgan fingerprint density at radius 2 is 1.82 bits per heavy atom. The van der Waals surface area contributed by atoms with Gasteiger partial charge in [0.15, 0.2) is 0 Å². The Labute approximate surface area is 170 Å². The van der Waals surface area contributed by atoms with Crippen molar-refractivity contribution in [1.29, 1.82) is 0 Å². The predicted molar refractivity (Wildman–Crippen MR) is 116 cm³/mol. The van der Waals surface area contributed by atoms with Crippen molar-refractivity contribution in [3.05, 3.63) is 52.6 Å². The highest BCUT2D eigenvalue weighted by Gasteiger charge is 2.40. The summed E-state index contributed by atoms with van der Waals surface area (Å²) in [6.07, 6.45) is 6.40. The van der Waals surface area contributed by atoms with Gasteiger partial charge >= 0.3 is 5.97 Å². The lowest BCUT2D eigenvalue weighted by Crippen LogP contribution is -2.19. The molecular weight excluding hydrogens is 348 g/mol. The van der Waals surface area contributed by atoms with Crippen LogP contribution in [0.5, 0.6) is 5.75 Å². The van der Waals surface area contributed by atoms with Gasteiger partial charge in [-0.1, -0.05) is 65.8 Å². The molecule has 28 heavy (non-hydrogen) atoms. The van der Waals surface area contributed by atoms with Crippen LogP contribution in [0.3, 0.4) is 0 Å². The number of ether oxygens (including phenoxy) is 1. The van der Waals surface area contributed by atoms with E-state index in [1.807, 2.05) is 19.9 Å². The molecule has 1 N–H and O–H groups in total. The number of benzene rings is 1. The van der Waals surface area contributed by atoms with Gasteiger partial charge < -0.3 is 9.84 Å². The highest BCUT2D eigenvalue weighted by Crippen LogP contribution is 2.54. The van der Waals surface area contributed by atoms with E-state index in [-0.39, 0.29) is 10.8 Å². The third kappa shape index (κ3) is 5.50. The zero-order valence-electron chi connectivity index (χ0n) is 18.7. The van der Waals surface area contributed by atoms with Gasteiger partial charge in [-0.2, -0.15) is 0 Å². The number of carboxylic acid groups (broad SMARTS) is 1. The van der Waals surface area contributed by atoms with E-state index in [4.69, 9.17) is 9.84 Å². The minimum Gasteiger partial charge on any atom is -0.493 e. The Morgan fingerprint density at radius 1 is 1.18 bits per heavy atom. The fourth-order valence-corrected chi connectivity index (χ4v) is 3.53. The Kier molecular flexibility index (Phi) is 6.48. The van der Waals surface area contributed by atoms with Gasteiger partial charge in [-0.05, 0) is 59.6 Å². The molecule has 0 heterocycles. The molecule has 1 saturated carbocycles. The van der Waals surface area contributed by atoms with Crippen molar-refractivity contribution >= 4 is 5.97 Å². The molecule has 0 saturated heterocycles. The highest BCUT2D eigenvalue weighted by molar-refractivity contribution is 5.81. The van der Waals surface area contributed by atoms with Crippen LogP contribution in [-0.4, -0.2) is 17.7 Å². The molecule has 1 aliphatic carbocycles. The molecule has 154 valence electrons. The second-order valence-electron chi connectivity index (χ2n) is 9.97. The zero-order chi connectivity index (χ0) is 21.3. The summed E-state index contributed by atoms with van der Waals surface area (Å²) in [6.45, 7) is 18.0. The van der Waals surface area contributed by atoms with Crippen LogP contribution >= 0.6 is 0 Å². The number of carbonyl (C=O) groups is 1. The van der Waals surface area contributed by atoms with Gasteiger partial charge in [-0.25, -0.2) is 4.79 Å². The van der Waals surface area contributed by atoms with Gasteiger partial charge in [-0.3, -0.25) is 0 Å². The topological polar surface area (TPSA) is 46.5 Å². The van der Waals surface area contributed by atoms with Crippen molar-refractivity contribution in [3.63, 3.8) is 0 Å². The van der Waals surface area contributed by atoms with Crippen LogP contribution in [0, 0.1) is 5.92 Å². The first-order chi connectivity index (χ1) is 12.8. The SMILES string of the molecule is CCOc1c(C2CC2/C=C/C(C)=C\C(=O)O)cc(C(C)(C)C)cc1C(C)(C)C. The van der Waals surface area contributed by atoms with Crippen LogP contribution in [0.2, 0.25) is 0 Å². The number of aliphatic carboxylic acids is 1. The minimum atomic E-state index is -0.902. The van der Waals surface area contributed by atoms with Gasteiger partial charge in [0.25, 0.3) is 0 Å². The molecule has 1 fully saturated rings. The average Bonchev–Trinajstić information content (AvgIpc) is 3.30. The van der Waals surface area contributed by atoms with E-state index in [1.54, 1.807) is 0 Å². The summed E-state index contributed by atoms with van der Waals surface area (Å²) in [7, 11) is 0. The largest absolute Gasteiger partial charge is 0.493 e. The summed E-state index contributed by atoms with van der Waals surface area (Å²) in [5.41, 5.74) is 4.75. The molecule has 1 aromatic rings. The number of carboxylic acids is 1. The smallest absolute Gasteiger partial charge is 0.328 e. The molecule has 0 amide bonds. The van der Waals surface area contributed by atoms with Crippen molar-refractivity contribution < 1.29 is 14.6 Å². The van der Waals surface area contributed by atoms with Crippen molar-refractivity contribution in [2.45, 2.75) is 78.6 Å². The van der Waals surface area contributed by atoms with Gasteiger partial charge in [0.2, 0.25) is 0 Å². The molecule has 2 rings (SSSR count). The molecule has 2 unspecified atom stereocenters. The first-order valence-electron chi connectivity index (χ1n) is 10.3. The standard InChI is InChI=1S/C25H36O3/c1-9-28-23-20(19-13-17(19)11-10-16(2)12-22(26)27)14-18(24(3,4)5)15-21(23)25(6,7)8/h10-12,14-15,17,19H,9,13H2,1-8H3,(H,26,27)/b11-10+,16-12-. The summed E-state index contributed by atoms with van der Waals surface area (Å²) in [5.74, 6) is 1.00. The fourth-order valence-electron chi connectivity index (χ4n) is 3.53. The van der Waals surface area contributed by atoms with E-state index in [1.165, 1.54) is 22.8 Å². The normalized spacial score (nSPS) is 20.5. The minimum absolute atomic E-state index is 0.00154. The maximum Gasteiger partial charge on any atom is 0.328 e. The molecule has 3 heteroatoms. The number of allylic oxidation sites excluding steroid dienone is 3. The predicted octanol–water partition coefficient (Wildman–Crippen LogP) is 6.37. The lowest BCUT2D eigenvalue weighted by Gasteiger charge is -2.29. The Morgan fingerprint density at radius 3 is 2.32 bits per heavy atom. The molecule has 1 aliphatic rings. The fraction of sp³-hybridized carbons (Fsp3) is 0.560. The molecule has 0 bridgehead atoms. The quantitative estimate of drug-likeness (QED) is 0.458. The number of hydrogen-bond donors (Lipinski definition) is 1. The summed E-state index contributed by atoms with van der Waals surface area (Å²) >= 11 is 0. The zero-order valence-corrected chi connectivity index (χ0v) is 18.7. The summed E-state index contributed by atoms with van der Waals surface area (Å²) in [5, 5.41) is 8.88. The second kappa shape index (κ2) is 8.14. The van der Waals surface area contributed by atoms with Gasteiger partial charge in [0.1, 0.15) is 5.75 Å². The molecule has 2 atom stereocenters. The van der Waals surface area contributed by atoms with E-state index in [9.17, 15) is 4.79 Å². The first-order valence-corrected chi connectivity index (χ1v) is 10.3. The summed E-state index contributed by atoms with van der Waals surface area (Å²) in [4.78, 5) is 10.8. The van der Waals surface area contributed by atoms with Crippen LogP contribution < -0.4 is 4.74 Å². The van der Waals surface area contributed by atoms with Gasteiger partial charge in [0, 0.05) is 11.6 Å². The van der Waals surface area contributed by atoms with E-state index in [0.29, 0.717) is 18.4 Å². The third-order valence-corrected chi connectivity index (χ3v) is 5.28. The highest BCUT2D eigenvalue weighted by atomic mass is 16.5. The van der Waals surface area contributed by atoms with Crippen LogP contribution in [0.15, 0.2) is 35.9 Å². The Hall–Kier alpha value is -2.03. The van der Waals surface area contributed by atoms with Crippen molar-refractivity contribution in [3.8, 4) is 5.75 Å². The maximum absolute atomic E-state index is 10.8. The van der Waals surface area contributed by atoms with Crippen LogP contribution in [0.25, 0.3) is 0 Å². The van der Waals surface area contributed by atoms with E-state index >= 15 is 0 Å². The molecular formula is C25H36O3. The van der Waals surface area contributed by atoms with Crippen molar-refractivity contribution in [2.75, 3.05) is 6.61 Å². The first kappa shape index (κ1) is 22.3. The van der Waals surface area contributed by atoms with E-state index in [2.05, 4.69) is 59.8 Å². The third-order valence-electron chi connectivity index (χ3n) is 5.28.